The van der Waals surface area contributed by atoms with Crippen molar-refractivity contribution in [3.63, 3.8) is 0 Å². The smallest absolute Gasteiger partial charge is 0.342 e. The van der Waals surface area contributed by atoms with Gasteiger partial charge in [0.15, 0.2) is 0 Å². The van der Waals surface area contributed by atoms with Crippen molar-refractivity contribution in [2.45, 2.75) is 33.1 Å². The maximum Gasteiger partial charge on any atom is 2.00 e. The number of fused-ring (bicyclic) bond motifs is 1. The van der Waals surface area contributed by atoms with Crippen molar-refractivity contribution in [3.05, 3.63) is 156 Å². The molecule has 1 aromatic heterocycles. The van der Waals surface area contributed by atoms with Crippen LogP contribution in [0.5, 0.6) is 0 Å². The van der Waals surface area contributed by atoms with Crippen molar-refractivity contribution in [3.8, 4) is 5.69 Å². The minimum atomic E-state index is 0. The van der Waals surface area contributed by atoms with E-state index in [-0.39, 0.29) is 26.2 Å². The molecule has 0 N–H and O–H groups in total. The first-order valence-corrected chi connectivity index (χ1v) is 12.3. The Hall–Kier alpha value is -3.09. The van der Waals surface area contributed by atoms with Gasteiger partial charge in [-0.1, -0.05) is 79.2 Å². The van der Waals surface area contributed by atoms with E-state index < -0.39 is 0 Å². The Morgan fingerprint density at radius 1 is 0.750 bits per heavy atom. The van der Waals surface area contributed by atoms with Crippen LogP contribution in [0.3, 0.4) is 0 Å². The Morgan fingerprint density at radius 2 is 1.33 bits per heavy atom. The average molecular weight is 547 g/mol. The van der Waals surface area contributed by atoms with Gasteiger partial charge in [-0.2, -0.15) is 6.08 Å². The Bertz CT molecular complexity index is 1270. The summed E-state index contributed by atoms with van der Waals surface area (Å²) in [4.78, 5) is 0. The van der Waals surface area contributed by atoms with Gasteiger partial charge in [0.2, 0.25) is 0 Å². The summed E-state index contributed by atoms with van der Waals surface area (Å²) in [6.07, 6.45) is 16.4. The van der Waals surface area contributed by atoms with Crippen LogP contribution in [-0.2, 0) is 39.0 Å². The van der Waals surface area contributed by atoms with Crippen molar-refractivity contribution in [1.82, 2.24) is 4.57 Å². The molecule has 0 unspecified atom stereocenters. The SMILES string of the molecule is Cc1ccc(C)c2[cH-]c(-n3cccc3)cc12.[C-]1=CC=CC1.[Zr+2].c1ccc(CCc2ccccc2)cc1. The van der Waals surface area contributed by atoms with Crippen molar-refractivity contribution >= 4 is 10.8 Å². The predicted octanol–water partition coefficient (Wildman–Crippen LogP) is 8.74. The fraction of sp³-hybridized carbons (Fsp3) is 0.147. The van der Waals surface area contributed by atoms with E-state index in [1.54, 1.807) is 0 Å². The van der Waals surface area contributed by atoms with Crippen LogP contribution >= 0.6 is 0 Å². The fourth-order valence-corrected chi connectivity index (χ4v) is 4.15. The number of nitrogens with zero attached hydrogens (tertiary/aromatic N) is 1. The first-order valence-electron chi connectivity index (χ1n) is 12.3. The number of hydrogen-bond acceptors (Lipinski definition) is 0. The van der Waals surface area contributed by atoms with E-state index in [2.05, 4.69) is 140 Å². The number of rotatable bonds is 4. The molecule has 0 saturated carbocycles. The minimum absolute atomic E-state index is 0. The normalized spacial score (nSPS) is 11.3. The molecule has 178 valence electrons. The Morgan fingerprint density at radius 3 is 1.81 bits per heavy atom. The molecule has 36 heavy (non-hydrogen) atoms. The molecule has 1 aliphatic carbocycles. The Kier molecular flexibility index (Phi) is 11.1. The molecule has 1 heterocycles. The summed E-state index contributed by atoms with van der Waals surface area (Å²) in [7, 11) is 0. The summed E-state index contributed by atoms with van der Waals surface area (Å²) in [5.41, 5.74) is 6.77. The molecular formula is C34H33NZr. The van der Waals surface area contributed by atoms with Crippen molar-refractivity contribution < 1.29 is 26.2 Å². The van der Waals surface area contributed by atoms with Gasteiger partial charge in [-0.05, 0) is 48.7 Å². The molecule has 0 aliphatic heterocycles. The van der Waals surface area contributed by atoms with Crippen LogP contribution in [0.15, 0.2) is 128 Å². The van der Waals surface area contributed by atoms with Crippen LogP contribution in [0.4, 0.5) is 0 Å². The maximum atomic E-state index is 2.99. The third-order valence-corrected chi connectivity index (χ3v) is 6.18. The summed E-state index contributed by atoms with van der Waals surface area (Å²) in [5, 5.41) is 2.73. The second-order valence-electron chi connectivity index (χ2n) is 8.80. The van der Waals surface area contributed by atoms with Gasteiger partial charge in [0, 0.05) is 12.4 Å². The molecule has 1 nitrogen and oxygen atoms in total. The fourth-order valence-electron chi connectivity index (χ4n) is 4.15. The molecule has 0 spiro atoms. The van der Waals surface area contributed by atoms with Gasteiger partial charge in [0.05, 0.1) is 0 Å². The van der Waals surface area contributed by atoms with Crippen LogP contribution in [-0.4, -0.2) is 4.57 Å². The summed E-state index contributed by atoms with van der Waals surface area (Å²) < 4.78 is 2.15. The minimum Gasteiger partial charge on any atom is -0.342 e. The zero-order chi connectivity index (χ0) is 24.3. The molecule has 0 radical (unpaired) electrons. The molecule has 0 atom stereocenters. The van der Waals surface area contributed by atoms with Crippen LogP contribution in [0, 0.1) is 19.9 Å². The van der Waals surface area contributed by atoms with Crippen LogP contribution in [0.25, 0.3) is 16.5 Å². The van der Waals surface area contributed by atoms with Crippen LogP contribution in [0.2, 0.25) is 0 Å². The monoisotopic (exact) mass is 545 g/mol. The second kappa shape index (κ2) is 14.5. The molecule has 0 fully saturated rings. The van der Waals surface area contributed by atoms with Crippen molar-refractivity contribution in [2.24, 2.45) is 0 Å². The zero-order valence-corrected chi connectivity index (χ0v) is 23.7. The number of hydrogen-bond donors (Lipinski definition) is 0. The zero-order valence-electron chi connectivity index (χ0n) is 21.2. The first-order chi connectivity index (χ1) is 17.2. The molecule has 6 rings (SSSR count). The predicted molar refractivity (Wildman–Crippen MR) is 150 cm³/mol. The van der Waals surface area contributed by atoms with Gasteiger partial charge in [0.25, 0.3) is 0 Å². The van der Waals surface area contributed by atoms with Crippen molar-refractivity contribution in [2.75, 3.05) is 0 Å². The van der Waals surface area contributed by atoms with E-state index in [1.807, 2.05) is 12.2 Å². The standard InChI is InChI=1S/C15H14N.C14H14.C5H5.Zr/c1-11-5-6-12(2)15-10-13(9-14(11)15)16-7-3-4-8-16;1-3-7-13(8-4-1)11-12-14-9-5-2-6-10-14;1-2-4-5-3-1;/h3-10H,1-2H3;1-10H,11-12H2;1-3H,4H2;/q-1;;-1;+2. The first kappa shape index (κ1) is 27.5. The summed E-state index contributed by atoms with van der Waals surface area (Å²) in [6.45, 7) is 4.34. The van der Waals surface area contributed by atoms with E-state index >= 15 is 0 Å². The number of aryl methyl sites for hydroxylation is 4. The van der Waals surface area contributed by atoms with E-state index in [0.717, 1.165) is 19.3 Å². The summed E-state index contributed by atoms with van der Waals surface area (Å²) in [5.74, 6) is 0. The number of allylic oxidation sites excluding steroid dienone is 4. The van der Waals surface area contributed by atoms with Gasteiger partial charge in [-0.25, -0.2) is 12.2 Å². The van der Waals surface area contributed by atoms with E-state index in [0.29, 0.717) is 0 Å². The Balaban J connectivity index is 0.000000166. The van der Waals surface area contributed by atoms with Gasteiger partial charge in [-0.3, -0.25) is 6.08 Å². The summed E-state index contributed by atoms with van der Waals surface area (Å²) in [6, 6.07) is 34.3. The second-order valence-corrected chi connectivity index (χ2v) is 8.80. The van der Waals surface area contributed by atoms with Gasteiger partial charge in [0.1, 0.15) is 0 Å². The molecule has 5 aromatic rings. The van der Waals surface area contributed by atoms with Gasteiger partial charge < -0.3 is 4.57 Å². The molecule has 0 bridgehead atoms. The molecule has 0 amide bonds. The van der Waals surface area contributed by atoms with Gasteiger partial charge >= 0.3 is 26.2 Å². The quantitative estimate of drug-likeness (QED) is 0.199. The largest absolute Gasteiger partial charge is 2.00 e. The number of aromatic nitrogens is 1. The van der Waals surface area contributed by atoms with E-state index in [1.165, 1.54) is 38.7 Å². The Labute approximate surface area is 235 Å². The number of benzene rings is 3. The topological polar surface area (TPSA) is 4.93 Å². The average Bonchev–Trinajstić information content (AvgIpc) is 3.70. The molecule has 4 aromatic carbocycles. The van der Waals surface area contributed by atoms with Crippen LogP contribution < -0.4 is 0 Å². The van der Waals surface area contributed by atoms with Gasteiger partial charge in [-0.15, -0.1) is 41.0 Å². The molecule has 2 heteroatoms. The molecule has 1 aliphatic rings. The van der Waals surface area contributed by atoms with Crippen molar-refractivity contribution in [1.29, 1.82) is 0 Å². The molecular weight excluding hydrogens is 514 g/mol. The third-order valence-electron chi connectivity index (χ3n) is 6.18. The maximum absolute atomic E-state index is 2.99. The van der Waals surface area contributed by atoms with E-state index in [9.17, 15) is 0 Å². The molecule has 0 saturated heterocycles. The third kappa shape index (κ3) is 7.97. The summed E-state index contributed by atoms with van der Waals surface area (Å²) >= 11 is 0. The van der Waals surface area contributed by atoms with Crippen LogP contribution in [0.1, 0.15) is 28.7 Å². The van der Waals surface area contributed by atoms with E-state index in [4.69, 9.17) is 0 Å².